The standard InChI is InChI=1S/C24H26ClN5O3S/c1-12-8-16(14(3)28-18-6-7-19(25)29-20(18)24(32)30-34-5)23-17(9-12)21(31)13(2)22(33-23)15(10-26)11-27-4/h6-11,14,28H,26H2,1-5H3,(H,30,32)/b15-10+,27-11?. The summed E-state index contributed by atoms with van der Waals surface area (Å²) in [6, 6.07) is 6.68. The lowest BCUT2D eigenvalue weighted by molar-refractivity contribution is 0.0980. The molecule has 4 N–H and O–H groups in total. The zero-order valence-corrected chi connectivity index (χ0v) is 21.1. The Morgan fingerprint density at radius 3 is 2.71 bits per heavy atom. The van der Waals surface area contributed by atoms with Crippen LogP contribution in [-0.2, 0) is 0 Å². The highest BCUT2D eigenvalue weighted by Crippen LogP contribution is 2.31. The molecule has 0 spiro atoms. The first-order chi connectivity index (χ1) is 16.2. The van der Waals surface area contributed by atoms with Gasteiger partial charge in [-0.1, -0.05) is 29.6 Å². The Bertz CT molecular complexity index is 1370. The Morgan fingerprint density at radius 1 is 1.32 bits per heavy atom. The number of benzene rings is 1. The molecule has 3 aromatic rings. The fourth-order valence-corrected chi connectivity index (χ4v) is 4.09. The fourth-order valence-electron chi connectivity index (χ4n) is 3.66. The van der Waals surface area contributed by atoms with E-state index in [1.807, 2.05) is 19.9 Å². The van der Waals surface area contributed by atoms with E-state index in [2.05, 4.69) is 20.0 Å². The van der Waals surface area contributed by atoms with Crippen LogP contribution in [0.15, 0.2) is 44.7 Å². The second-order valence-electron chi connectivity index (χ2n) is 7.66. The number of pyridine rings is 1. The van der Waals surface area contributed by atoms with Gasteiger partial charge < -0.3 is 15.5 Å². The third kappa shape index (κ3) is 5.10. The summed E-state index contributed by atoms with van der Waals surface area (Å²) in [5.41, 5.74) is 9.30. The van der Waals surface area contributed by atoms with Crippen LogP contribution in [-0.4, -0.2) is 30.4 Å². The van der Waals surface area contributed by atoms with Crippen molar-refractivity contribution in [2.75, 3.05) is 18.6 Å². The Hall–Kier alpha value is -3.30. The number of halogens is 1. The van der Waals surface area contributed by atoms with E-state index in [0.29, 0.717) is 33.6 Å². The molecule has 1 aromatic carbocycles. The molecule has 0 saturated heterocycles. The van der Waals surface area contributed by atoms with Gasteiger partial charge in [0.2, 0.25) is 0 Å². The van der Waals surface area contributed by atoms with Crippen LogP contribution in [0.2, 0.25) is 5.15 Å². The van der Waals surface area contributed by atoms with Crippen molar-refractivity contribution in [2.45, 2.75) is 26.8 Å². The van der Waals surface area contributed by atoms with Gasteiger partial charge in [-0.2, -0.15) is 0 Å². The maximum absolute atomic E-state index is 13.2. The number of aliphatic imine (C=N–C) groups is 1. The van der Waals surface area contributed by atoms with Crippen LogP contribution in [0.5, 0.6) is 0 Å². The number of aryl methyl sites for hydroxylation is 1. The number of nitrogens with zero attached hydrogens (tertiary/aromatic N) is 2. The summed E-state index contributed by atoms with van der Waals surface area (Å²) in [6.45, 7) is 5.52. The number of nitrogens with one attached hydrogen (secondary N) is 2. The molecule has 8 nitrogen and oxygen atoms in total. The average Bonchev–Trinajstić information content (AvgIpc) is 2.81. The number of nitrogens with two attached hydrogens (primary N) is 1. The molecule has 0 aliphatic heterocycles. The molecule has 0 fully saturated rings. The van der Waals surface area contributed by atoms with Gasteiger partial charge in [0.25, 0.3) is 5.91 Å². The minimum atomic E-state index is -0.375. The summed E-state index contributed by atoms with van der Waals surface area (Å²) in [5.74, 6) is -0.0177. The number of fused-ring (bicyclic) bond motifs is 1. The Morgan fingerprint density at radius 2 is 2.06 bits per heavy atom. The topological polar surface area (TPSA) is 123 Å². The summed E-state index contributed by atoms with van der Waals surface area (Å²) in [5, 5.41) is 3.98. The van der Waals surface area contributed by atoms with E-state index in [4.69, 9.17) is 21.8 Å². The maximum Gasteiger partial charge on any atom is 0.281 e. The van der Waals surface area contributed by atoms with E-state index in [0.717, 1.165) is 11.1 Å². The number of carbonyl (C=O) groups excluding carboxylic acids is 1. The van der Waals surface area contributed by atoms with Crippen molar-refractivity contribution >= 4 is 57.9 Å². The molecule has 3 rings (SSSR count). The summed E-state index contributed by atoms with van der Waals surface area (Å²) in [7, 11) is 1.61. The van der Waals surface area contributed by atoms with E-state index >= 15 is 0 Å². The highest BCUT2D eigenvalue weighted by Gasteiger charge is 2.21. The van der Waals surface area contributed by atoms with Crippen molar-refractivity contribution in [2.24, 2.45) is 10.7 Å². The molecule has 0 aliphatic rings. The van der Waals surface area contributed by atoms with Gasteiger partial charge in [0.1, 0.15) is 16.5 Å². The number of allylic oxidation sites excluding steroid dienone is 1. The smallest absolute Gasteiger partial charge is 0.281 e. The first-order valence-electron chi connectivity index (χ1n) is 10.4. The highest BCUT2D eigenvalue weighted by molar-refractivity contribution is 7.97. The van der Waals surface area contributed by atoms with Gasteiger partial charge in [-0.05, 0) is 44.5 Å². The van der Waals surface area contributed by atoms with Crippen molar-refractivity contribution in [3.8, 4) is 0 Å². The molecule has 178 valence electrons. The Kier molecular flexibility index (Phi) is 8.01. The molecule has 1 unspecified atom stereocenters. The van der Waals surface area contributed by atoms with Crippen molar-refractivity contribution in [1.82, 2.24) is 9.71 Å². The molecular formula is C24H26ClN5O3S. The van der Waals surface area contributed by atoms with Crippen LogP contribution >= 0.6 is 23.5 Å². The first kappa shape index (κ1) is 25.3. The normalized spacial score (nSPS) is 12.8. The largest absolute Gasteiger partial charge is 0.455 e. The summed E-state index contributed by atoms with van der Waals surface area (Å²) < 4.78 is 8.92. The minimum Gasteiger partial charge on any atom is -0.455 e. The number of rotatable bonds is 7. The Labute approximate surface area is 206 Å². The number of aromatic nitrogens is 1. The van der Waals surface area contributed by atoms with Crippen LogP contribution in [0.25, 0.3) is 16.5 Å². The van der Waals surface area contributed by atoms with Gasteiger partial charge in [-0.15, -0.1) is 0 Å². The van der Waals surface area contributed by atoms with E-state index in [9.17, 15) is 9.59 Å². The van der Waals surface area contributed by atoms with Crippen LogP contribution in [0, 0.1) is 13.8 Å². The fraction of sp³-hybridized carbons (Fsp3) is 0.250. The molecule has 34 heavy (non-hydrogen) atoms. The van der Waals surface area contributed by atoms with E-state index < -0.39 is 0 Å². The summed E-state index contributed by atoms with van der Waals surface area (Å²) in [6.07, 6.45) is 4.64. The van der Waals surface area contributed by atoms with Gasteiger partial charge in [-0.25, -0.2) is 4.98 Å². The van der Waals surface area contributed by atoms with Crippen LogP contribution < -0.4 is 21.2 Å². The second kappa shape index (κ2) is 10.8. The van der Waals surface area contributed by atoms with E-state index in [1.165, 1.54) is 18.1 Å². The quantitative estimate of drug-likeness (QED) is 0.246. The predicted octanol–water partition coefficient (Wildman–Crippen LogP) is 4.64. The molecule has 0 bridgehead atoms. The highest BCUT2D eigenvalue weighted by atomic mass is 35.5. The molecule has 0 radical (unpaired) electrons. The number of amides is 1. The molecule has 0 aliphatic carbocycles. The van der Waals surface area contributed by atoms with Crippen LogP contribution in [0.3, 0.4) is 0 Å². The number of anilines is 1. The monoisotopic (exact) mass is 499 g/mol. The summed E-state index contributed by atoms with van der Waals surface area (Å²) >= 11 is 7.20. The molecule has 1 amide bonds. The zero-order chi connectivity index (χ0) is 25.0. The van der Waals surface area contributed by atoms with Gasteiger partial charge in [0.05, 0.1) is 22.7 Å². The number of carbonyl (C=O) groups is 1. The number of hydrogen-bond donors (Lipinski definition) is 3. The second-order valence-corrected chi connectivity index (χ2v) is 8.66. The predicted molar refractivity (Wildman–Crippen MR) is 141 cm³/mol. The SMILES string of the molecule is CN=C/C(=C\N)c1oc2c(C(C)Nc3ccc(Cl)nc3C(=O)NSC)cc(C)cc2c(=O)c1C. The third-order valence-corrected chi connectivity index (χ3v) is 5.81. The lowest BCUT2D eigenvalue weighted by Gasteiger charge is -2.20. The lowest BCUT2D eigenvalue weighted by Crippen LogP contribution is -2.20. The molecule has 0 saturated carbocycles. The van der Waals surface area contributed by atoms with Gasteiger partial charge in [0, 0.05) is 36.8 Å². The molecule has 10 heteroatoms. The van der Waals surface area contributed by atoms with Gasteiger partial charge in [0.15, 0.2) is 11.1 Å². The first-order valence-corrected chi connectivity index (χ1v) is 12.0. The van der Waals surface area contributed by atoms with Crippen molar-refractivity contribution in [1.29, 1.82) is 0 Å². The molecule has 2 aromatic heterocycles. The molecule has 1 atom stereocenters. The van der Waals surface area contributed by atoms with Crippen molar-refractivity contribution in [3.05, 3.63) is 74.0 Å². The molecule has 2 heterocycles. The Balaban J connectivity index is 2.18. The van der Waals surface area contributed by atoms with E-state index in [1.54, 1.807) is 44.6 Å². The third-order valence-electron chi connectivity index (χ3n) is 5.21. The van der Waals surface area contributed by atoms with Crippen molar-refractivity contribution in [3.63, 3.8) is 0 Å². The lowest BCUT2D eigenvalue weighted by atomic mass is 9.99. The van der Waals surface area contributed by atoms with E-state index in [-0.39, 0.29) is 28.2 Å². The average molecular weight is 500 g/mol. The van der Waals surface area contributed by atoms with Gasteiger partial charge in [-0.3, -0.25) is 19.3 Å². The van der Waals surface area contributed by atoms with Crippen molar-refractivity contribution < 1.29 is 9.21 Å². The number of hydrogen-bond acceptors (Lipinski definition) is 8. The summed E-state index contributed by atoms with van der Waals surface area (Å²) in [4.78, 5) is 33.9. The van der Waals surface area contributed by atoms with Crippen LogP contribution in [0.4, 0.5) is 5.69 Å². The minimum absolute atomic E-state index is 0.148. The van der Waals surface area contributed by atoms with Crippen LogP contribution in [0.1, 0.15) is 45.9 Å². The zero-order valence-electron chi connectivity index (χ0n) is 19.5. The molecular weight excluding hydrogens is 474 g/mol. The maximum atomic E-state index is 13.2. The van der Waals surface area contributed by atoms with Gasteiger partial charge >= 0.3 is 0 Å².